The summed E-state index contributed by atoms with van der Waals surface area (Å²) in [5.41, 5.74) is 1.11. The van der Waals surface area contributed by atoms with Gasteiger partial charge in [0.2, 0.25) is 11.2 Å². The van der Waals surface area contributed by atoms with E-state index in [1.807, 2.05) is 13.8 Å². The van der Waals surface area contributed by atoms with E-state index in [1.54, 1.807) is 36.4 Å². The molecule has 0 atom stereocenters. The van der Waals surface area contributed by atoms with E-state index in [9.17, 15) is 9.90 Å². The molecule has 0 unspecified atom stereocenters. The molecule has 0 amide bonds. The molecule has 1 aromatic heterocycles. The molecule has 0 aliphatic carbocycles. The zero-order chi connectivity index (χ0) is 21.0. The standard InChI is InChI=1S/C22H24O7/c1-13(2)19-17(27-11-25-3)9-14(10-18(19)28-12-26-4)22-21(24)20(23)15-7-5-6-8-16(15)29-22/h5-10,13,24H,11-12H2,1-4H3. The van der Waals surface area contributed by atoms with Gasteiger partial charge in [-0.25, -0.2) is 0 Å². The van der Waals surface area contributed by atoms with Crippen molar-refractivity contribution >= 4 is 11.0 Å². The van der Waals surface area contributed by atoms with Crippen LogP contribution in [0.1, 0.15) is 25.3 Å². The predicted octanol–water partition coefficient (Wildman–Crippen LogP) is 4.25. The molecule has 0 fully saturated rings. The molecule has 0 aliphatic heterocycles. The van der Waals surface area contributed by atoms with E-state index in [4.69, 9.17) is 23.4 Å². The summed E-state index contributed by atoms with van der Waals surface area (Å²) in [7, 11) is 3.05. The van der Waals surface area contributed by atoms with Gasteiger partial charge in [-0.15, -0.1) is 0 Å². The zero-order valence-corrected chi connectivity index (χ0v) is 16.9. The Kier molecular flexibility index (Phi) is 6.41. The van der Waals surface area contributed by atoms with Gasteiger partial charge in [0, 0.05) is 25.3 Å². The quantitative estimate of drug-likeness (QED) is 0.566. The fourth-order valence-electron chi connectivity index (χ4n) is 3.11. The lowest BCUT2D eigenvalue weighted by atomic mass is 9.97. The number of aromatic hydroxyl groups is 1. The Hall–Kier alpha value is -3.03. The molecule has 154 valence electrons. The molecule has 0 aliphatic rings. The van der Waals surface area contributed by atoms with E-state index < -0.39 is 11.2 Å². The highest BCUT2D eigenvalue weighted by Gasteiger charge is 2.22. The number of ether oxygens (including phenoxy) is 4. The topological polar surface area (TPSA) is 87.4 Å². The van der Waals surface area contributed by atoms with Gasteiger partial charge in [0.15, 0.2) is 19.3 Å². The van der Waals surface area contributed by atoms with Crippen LogP contribution in [0.5, 0.6) is 17.2 Å². The Balaban J connectivity index is 2.25. The van der Waals surface area contributed by atoms with Crippen LogP contribution >= 0.6 is 0 Å². The van der Waals surface area contributed by atoms with Gasteiger partial charge in [-0.2, -0.15) is 0 Å². The van der Waals surface area contributed by atoms with Crippen molar-refractivity contribution in [1.82, 2.24) is 0 Å². The number of hydrogen-bond acceptors (Lipinski definition) is 7. The van der Waals surface area contributed by atoms with Gasteiger partial charge in [-0.05, 0) is 30.2 Å². The van der Waals surface area contributed by atoms with Crippen LogP contribution in [0.25, 0.3) is 22.3 Å². The van der Waals surface area contributed by atoms with Crippen molar-refractivity contribution in [2.45, 2.75) is 19.8 Å². The molecule has 3 aromatic rings. The molecule has 7 nitrogen and oxygen atoms in total. The van der Waals surface area contributed by atoms with Crippen LogP contribution in [0.4, 0.5) is 0 Å². The van der Waals surface area contributed by atoms with Crippen LogP contribution in [0.15, 0.2) is 45.6 Å². The van der Waals surface area contributed by atoms with Crippen molar-refractivity contribution < 1.29 is 28.5 Å². The summed E-state index contributed by atoms with van der Waals surface area (Å²) in [6, 6.07) is 10.1. The molecule has 0 radical (unpaired) electrons. The van der Waals surface area contributed by atoms with Crippen LogP contribution in [-0.4, -0.2) is 32.9 Å². The summed E-state index contributed by atoms with van der Waals surface area (Å²) in [6.07, 6.45) is 0. The SMILES string of the molecule is COCOc1cc(-c2oc3ccccc3c(=O)c2O)cc(OCOC)c1C(C)C. The van der Waals surface area contributed by atoms with Crippen molar-refractivity contribution in [3.8, 4) is 28.6 Å². The minimum absolute atomic E-state index is 0.0283. The van der Waals surface area contributed by atoms with Gasteiger partial charge >= 0.3 is 0 Å². The van der Waals surface area contributed by atoms with Crippen LogP contribution in [0, 0.1) is 0 Å². The molecule has 1 heterocycles. The molecule has 1 N–H and O–H groups in total. The summed E-state index contributed by atoms with van der Waals surface area (Å²) in [5, 5.41) is 10.8. The van der Waals surface area contributed by atoms with E-state index in [0.29, 0.717) is 28.0 Å². The summed E-state index contributed by atoms with van der Waals surface area (Å²) < 4.78 is 27.4. The molecule has 29 heavy (non-hydrogen) atoms. The normalized spacial score (nSPS) is 11.2. The van der Waals surface area contributed by atoms with E-state index in [0.717, 1.165) is 5.56 Å². The summed E-state index contributed by atoms with van der Waals surface area (Å²) >= 11 is 0. The fraction of sp³-hybridized carbons (Fsp3) is 0.318. The Morgan fingerprint density at radius 2 is 1.59 bits per heavy atom. The first-order valence-corrected chi connectivity index (χ1v) is 9.14. The molecular formula is C22H24O7. The molecule has 0 saturated heterocycles. The predicted molar refractivity (Wildman–Crippen MR) is 109 cm³/mol. The van der Waals surface area contributed by atoms with Gasteiger partial charge in [-0.1, -0.05) is 26.0 Å². The summed E-state index contributed by atoms with van der Waals surface area (Å²) in [5.74, 6) is 0.631. The van der Waals surface area contributed by atoms with Crippen molar-refractivity contribution in [1.29, 1.82) is 0 Å². The minimum atomic E-state index is -0.506. The Bertz CT molecular complexity index is 1020. The van der Waals surface area contributed by atoms with Crippen molar-refractivity contribution in [2.24, 2.45) is 0 Å². The third-order valence-corrected chi connectivity index (χ3v) is 4.38. The average Bonchev–Trinajstić information content (AvgIpc) is 2.72. The third-order valence-electron chi connectivity index (χ3n) is 4.38. The third kappa shape index (κ3) is 4.21. The number of hydrogen-bond donors (Lipinski definition) is 1. The molecular weight excluding hydrogens is 376 g/mol. The Morgan fingerprint density at radius 1 is 1.00 bits per heavy atom. The number of para-hydroxylation sites is 1. The first-order valence-electron chi connectivity index (χ1n) is 9.14. The molecule has 7 heteroatoms. The largest absolute Gasteiger partial charge is 0.502 e. The highest BCUT2D eigenvalue weighted by Crippen LogP contribution is 2.41. The first kappa shape index (κ1) is 20.7. The molecule has 0 spiro atoms. The Labute approximate surface area is 168 Å². The van der Waals surface area contributed by atoms with Crippen molar-refractivity contribution in [3.05, 3.63) is 52.2 Å². The van der Waals surface area contributed by atoms with Gasteiger partial charge in [0.25, 0.3) is 0 Å². The average molecular weight is 400 g/mol. The Morgan fingerprint density at radius 3 is 2.14 bits per heavy atom. The summed E-state index contributed by atoms with van der Waals surface area (Å²) in [4.78, 5) is 12.6. The molecule has 0 saturated carbocycles. The maximum Gasteiger partial charge on any atom is 0.235 e. The van der Waals surface area contributed by atoms with Crippen molar-refractivity contribution in [3.63, 3.8) is 0 Å². The van der Waals surface area contributed by atoms with E-state index in [1.165, 1.54) is 14.2 Å². The van der Waals surface area contributed by atoms with Crippen LogP contribution in [0.2, 0.25) is 0 Å². The van der Waals surface area contributed by atoms with E-state index in [2.05, 4.69) is 0 Å². The number of rotatable bonds is 8. The summed E-state index contributed by atoms with van der Waals surface area (Å²) in [6.45, 7) is 4.06. The second-order valence-electron chi connectivity index (χ2n) is 6.75. The number of fused-ring (bicyclic) bond motifs is 1. The van der Waals surface area contributed by atoms with Gasteiger partial charge in [0.1, 0.15) is 17.1 Å². The van der Waals surface area contributed by atoms with Crippen LogP contribution < -0.4 is 14.9 Å². The van der Waals surface area contributed by atoms with Gasteiger partial charge in [-0.3, -0.25) is 4.79 Å². The molecule has 0 bridgehead atoms. The maximum atomic E-state index is 12.6. The number of methoxy groups -OCH3 is 2. The lowest BCUT2D eigenvalue weighted by Gasteiger charge is -2.20. The monoisotopic (exact) mass is 400 g/mol. The van der Waals surface area contributed by atoms with Crippen LogP contribution in [-0.2, 0) is 9.47 Å². The molecule has 2 aromatic carbocycles. The van der Waals surface area contributed by atoms with Crippen molar-refractivity contribution in [2.75, 3.05) is 27.8 Å². The van der Waals surface area contributed by atoms with E-state index in [-0.39, 0.29) is 25.3 Å². The van der Waals surface area contributed by atoms with Crippen LogP contribution in [0.3, 0.4) is 0 Å². The number of benzene rings is 2. The second kappa shape index (κ2) is 8.98. The smallest absolute Gasteiger partial charge is 0.235 e. The molecule has 3 rings (SSSR count). The fourth-order valence-corrected chi connectivity index (χ4v) is 3.11. The highest BCUT2D eigenvalue weighted by molar-refractivity contribution is 5.82. The van der Waals surface area contributed by atoms with Gasteiger partial charge in [0.05, 0.1) is 5.39 Å². The second-order valence-corrected chi connectivity index (χ2v) is 6.75. The first-order chi connectivity index (χ1) is 14.0. The maximum absolute atomic E-state index is 12.6. The minimum Gasteiger partial charge on any atom is -0.502 e. The zero-order valence-electron chi connectivity index (χ0n) is 16.9. The van der Waals surface area contributed by atoms with E-state index >= 15 is 0 Å². The van der Waals surface area contributed by atoms with Gasteiger partial charge < -0.3 is 28.5 Å². The highest BCUT2D eigenvalue weighted by atomic mass is 16.7. The lowest BCUT2D eigenvalue weighted by Crippen LogP contribution is -2.08. The lowest BCUT2D eigenvalue weighted by molar-refractivity contribution is 0.0444.